The lowest BCUT2D eigenvalue weighted by Crippen LogP contribution is -2.35. The van der Waals surface area contributed by atoms with Gasteiger partial charge in [-0.1, -0.05) is 73.6 Å². The Morgan fingerprint density at radius 1 is 0.667 bits per heavy atom. The van der Waals surface area contributed by atoms with Crippen LogP contribution in [0, 0.1) is 11.8 Å². The first-order valence-electron chi connectivity index (χ1n) is 9.85. The minimum Gasteiger partial charge on any atom is -0.301 e. The van der Waals surface area contributed by atoms with E-state index in [1.54, 1.807) is 0 Å². The average Bonchev–Trinajstić information content (AvgIpc) is 3.07. The maximum Gasteiger partial charge on any atom is 0.00385 e. The van der Waals surface area contributed by atoms with E-state index in [0.717, 1.165) is 17.9 Å². The number of likely N-dealkylation sites (tertiary alicyclic amines) is 1. The highest BCUT2D eigenvalue weighted by molar-refractivity contribution is 4.69. The quantitative estimate of drug-likeness (QED) is 0.544. The Labute approximate surface area is 136 Å². The van der Waals surface area contributed by atoms with Crippen molar-refractivity contribution in [3.63, 3.8) is 0 Å². The van der Waals surface area contributed by atoms with Crippen LogP contribution in [0.2, 0.25) is 0 Å². The summed E-state index contributed by atoms with van der Waals surface area (Å²) in [4.78, 5) is 2.56. The van der Waals surface area contributed by atoms with Crippen molar-refractivity contribution in [2.24, 2.45) is 11.8 Å². The van der Waals surface area contributed by atoms with Crippen LogP contribution in [0.5, 0.6) is 0 Å². The molecule has 1 saturated heterocycles. The lowest BCUT2D eigenvalue weighted by atomic mass is 9.95. The molecule has 0 amide bonds. The molecule has 21 heavy (non-hydrogen) atoms. The van der Waals surface area contributed by atoms with E-state index >= 15 is 0 Å². The predicted molar refractivity (Wildman–Crippen MR) is 100 cm³/mol. The van der Waals surface area contributed by atoms with Gasteiger partial charge in [-0.15, -0.1) is 0 Å². The summed E-state index contributed by atoms with van der Waals surface area (Å²) in [5, 5.41) is 0. The summed E-state index contributed by atoms with van der Waals surface area (Å²) in [6.07, 6.45) is 10.3. The Balaban J connectivity index is 0. The second-order valence-electron chi connectivity index (χ2n) is 6.48. The van der Waals surface area contributed by atoms with Gasteiger partial charge in [-0.25, -0.2) is 0 Å². The summed E-state index contributed by atoms with van der Waals surface area (Å²) in [5.74, 6) is 2.01. The Hall–Kier alpha value is -0.0400. The Bertz CT molecular complexity index is 174. The monoisotopic (exact) mass is 299 g/mol. The molecule has 1 heteroatoms. The second-order valence-corrected chi connectivity index (χ2v) is 6.48. The van der Waals surface area contributed by atoms with Crippen LogP contribution in [-0.4, -0.2) is 24.0 Å². The molecular formula is C20H45N. The van der Waals surface area contributed by atoms with Crippen LogP contribution < -0.4 is 0 Å². The molecule has 0 atom stereocenters. The van der Waals surface area contributed by atoms with Crippen molar-refractivity contribution in [3.05, 3.63) is 0 Å². The van der Waals surface area contributed by atoms with Gasteiger partial charge in [0.2, 0.25) is 0 Å². The van der Waals surface area contributed by atoms with Crippen molar-refractivity contribution in [1.82, 2.24) is 4.90 Å². The fourth-order valence-corrected chi connectivity index (χ4v) is 3.06. The van der Waals surface area contributed by atoms with Crippen molar-refractivity contribution < 1.29 is 0 Å². The molecule has 2 fully saturated rings. The molecule has 0 spiro atoms. The van der Waals surface area contributed by atoms with Crippen molar-refractivity contribution >= 4 is 0 Å². The lowest BCUT2D eigenvalue weighted by molar-refractivity contribution is 0.185. The Kier molecular flexibility index (Phi) is 18.1. The van der Waals surface area contributed by atoms with Gasteiger partial charge in [-0.05, 0) is 51.6 Å². The largest absolute Gasteiger partial charge is 0.301 e. The number of hydrogen-bond acceptors (Lipinski definition) is 1. The van der Waals surface area contributed by atoms with E-state index in [-0.39, 0.29) is 0 Å². The van der Waals surface area contributed by atoms with Crippen LogP contribution in [-0.2, 0) is 0 Å². The first-order chi connectivity index (χ1) is 10.1. The van der Waals surface area contributed by atoms with Crippen LogP contribution in [0.3, 0.4) is 0 Å². The van der Waals surface area contributed by atoms with E-state index in [9.17, 15) is 0 Å². The zero-order chi connectivity index (χ0) is 16.7. The average molecular weight is 300 g/mol. The van der Waals surface area contributed by atoms with Crippen molar-refractivity contribution in [1.29, 1.82) is 0 Å². The van der Waals surface area contributed by atoms with E-state index in [2.05, 4.69) is 32.6 Å². The van der Waals surface area contributed by atoms with Gasteiger partial charge in [0.15, 0.2) is 0 Å². The van der Waals surface area contributed by atoms with Crippen molar-refractivity contribution in [3.8, 4) is 0 Å². The summed E-state index contributed by atoms with van der Waals surface area (Å²) in [7, 11) is 0. The highest BCUT2D eigenvalue weighted by atomic mass is 15.1. The highest BCUT2D eigenvalue weighted by Crippen LogP contribution is 2.30. The molecule has 1 saturated carbocycles. The fourth-order valence-electron chi connectivity index (χ4n) is 3.06. The lowest BCUT2D eigenvalue weighted by Gasteiger charge is -2.29. The molecule has 0 radical (unpaired) electrons. The molecule has 2 rings (SSSR count). The molecule has 0 aromatic heterocycles. The minimum atomic E-state index is 0.769. The maximum atomic E-state index is 2.56. The van der Waals surface area contributed by atoms with E-state index < -0.39 is 0 Å². The van der Waals surface area contributed by atoms with Gasteiger partial charge < -0.3 is 4.90 Å². The van der Waals surface area contributed by atoms with Gasteiger partial charge >= 0.3 is 0 Å². The van der Waals surface area contributed by atoms with Crippen LogP contribution in [0.25, 0.3) is 0 Å². The second kappa shape index (κ2) is 16.3. The fraction of sp³-hybridized carbons (Fsp3) is 1.00. The smallest absolute Gasteiger partial charge is 0.00385 e. The summed E-state index contributed by atoms with van der Waals surface area (Å²) in [6.45, 7) is 19.9. The Morgan fingerprint density at radius 3 is 1.33 bits per heavy atom. The molecule has 0 N–H and O–H groups in total. The van der Waals surface area contributed by atoms with Gasteiger partial charge in [0.1, 0.15) is 0 Å². The van der Waals surface area contributed by atoms with E-state index in [1.807, 2.05) is 27.7 Å². The molecule has 1 nitrogen and oxygen atoms in total. The standard InChI is InChI=1S/C8H17N.C8H16.2C2H6/c1-8(2)9-6-4-3-5-7-9;1-7(2)8-5-3-4-6-8;2*1-2/h8H,3-7H2,1-2H3;7-8H,3-6H2,1-2H3;2*1-2H3. The van der Waals surface area contributed by atoms with Gasteiger partial charge in [-0.3, -0.25) is 0 Å². The molecule has 0 aromatic carbocycles. The molecule has 0 bridgehead atoms. The molecule has 1 aliphatic heterocycles. The SMILES string of the molecule is CC.CC.CC(C)C1CCCC1.CC(C)N1CCCCC1. The van der Waals surface area contributed by atoms with E-state index in [1.165, 1.54) is 58.0 Å². The highest BCUT2D eigenvalue weighted by Gasteiger charge is 2.17. The molecule has 130 valence electrons. The first-order valence-corrected chi connectivity index (χ1v) is 9.85. The number of piperidine rings is 1. The zero-order valence-corrected chi connectivity index (χ0v) is 16.5. The van der Waals surface area contributed by atoms with Gasteiger partial charge in [0.25, 0.3) is 0 Å². The molecular weight excluding hydrogens is 254 g/mol. The molecule has 1 heterocycles. The molecule has 1 aliphatic carbocycles. The maximum absolute atomic E-state index is 2.56. The normalized spacial score (nSPS) is 19.1. The van der Waals surface area contributed by atoms with Crippen LogP contribution >= 0.6 is 0 Å². The number of hydrogen-bond donors (Lipinski definition) is 0. The van der Waals surface area contributed by atoms with Gasteiger partial charge in [-0.2, -0.15) is 0 Å². The van der Waals surface area contributed by atoms with Crippen LogP contribution in [0.1, 0.15) is 100 Å². The van der Waals surface area contributed by atoms with Gasteiger partial charge in [0.05, 0.1) is 0 Å². The van der Waals surface area contributed by atoms with E-state index in [0.29, 0.717) is 0 Å². The van der Waals surface area contributed by atoms with Crippen molar-refractivity contribution in [2.45, 2.75) is 106 Å². The van der Waals surface area contributed by atoms with E-state index in [4.69, 9.17) is 0 Å². The van der Waals surface area contributed by atoms with Gasteiger partial charge in [0, 0.05) is 6.04 Å². The topological polar surface area (TPSA) is 3.24 Å². The first kappa shape index (κ1) is 23.2. The molecule has 0 aromatic rings. The zero-order valence-electron chi connectivity index (χ0n) is 16.5. The summed E-state index contributed by atoms with van der Waals surface area (Å²) < 4.78 is 0. The van der Waals surface area contributed by atoms with Crippen LogP contribution in [0.15, 0.2) is 0 Å². The summed E-state index contributed by atoms with van der Waals surface area (Å²) in [6, 6.07) is 0.769. The third kappa shape index (κ3) is 12.2. The van der Waals surface area contributed by atoms with Crippen molar-refractivity contribution in [2.75, 3.05) is 13.1 Å². The number of rotatable bonds is 2. The third-order valence-corrected chi connectivity index (χ3v) is 4.46. The predicted octanol–water partition coefficient (Wildman–Crippen LogP) is 6.77. The Morgan fingerprint density at radius 2 is 1.10 bits per heavy atom. The minimum absolute atomic E-state index is 0.769. The summed E-state index contributed by atoms with van der Waals surface area (Å²) in [5.41, 5.74) is 0. The summed E-state index contributed by atoms with van der Waals surface area (Å²) >= 11 is 0. The number of nitrogens with zero attached hydrogens (tertiary/aromatic N) is 1. The molecule has 0 unspecified atom stereocenters. The van der Waals surface area contributed by atoms with Crippen LogP contribution in [0.4, 0.5) is 0 Å². The molecule has 2 aliphatic rings. The third-order valence-electron chi connectivity index (χ3n) is 4.46.